The molecule has 0 spiro atoms. The van der Waals surface area contributed by atoms with Gasteiger partial charge in [0.1, 0.15) is 0 Å². The molecule has 1 rings (SSSR count). The lowest BCUT2D eigenvalue weighted by Gasteiger charge is -2.22. The maximum absolute atomic E-state index is 13.2. The molecule has 3 N–H and O–H groups in total. The van der Waals surface area contributed by atoms with E-state index in [1.54, 1.807) is 6.07 Å². The Morgan fingerprint density at radius 2 is 1.87 bits per heavy atom. The average Bonchev–Trinajstić information content (AvgIpc) is 2.48. The summed E-state index contributed by atoms with van der Waals surface area (Å²) in [5.41, 5.74) is 5.65. The van der Waals surface area contributed by atoms with Crippen LogP contribution in [0.3, 0.4) is 0 Å². The second-order valence-corrected chi connectivity index (χ2v) is 5.35. The van der Waals surface area contributed by atoms with E-state index in [2.05, 4.69) is 5.32 Å². The van der Waals surface area contributed by atoms with Crippen molar-refractivity contribution in [2.45, 2.75) is 50.7 Å². The third-order valence-electron chi connectivity index (χ3n) is 3.54. The molecule has 1 aromatic carbocycles. The lowest BCUT2D eigenvalue weighted by atomic mass is 9.94. The summed E-state index contributed by atoms with van der Waals surface area (Å²) in [6.07, 6.45) is -2.57. The zero-order valence-electron chi connectivity index (χ0n) is 13.1. The summed E-state index contributed by atoms with van der Waals surface area (Å²) in [6.45, 7) is 2.23. The van der Waals surface area contributed by atoms with Crippen molar-refractivity contribution in [3.8, 4) is 0 Å². The summed E-state index contributed by atoms with van der Waals surface area (Å²) in [6, 6.07) is 7.24. The summed E-state index contributed by atoms with van der Waals surface area (Å²) in [4.78, 5) is 11.9. The molecule has 7 heteroatoms. The molecule has 2 atom stereocenters. The van der Waals surface area contributed by atoms with Gasteiger partial charge in [-0.3, -0.25) is 4.79 Å². The first-order valence-corrected chi connectivity index (χ1v) is 7.49. The Hall–Kier alpha value is -1.27. The van der Waals surface area contributed by atoms with E-state index in [0.717, 1.165) is 12.8 Å². The van der Waals surface area contributed by atoms with Crippen molar-refractivity contribution in [3.05, 3.63) is 35.9 Å². The number of nitrogens with one attached hydrogen (secondary N) is 1. The minimum absolute atomic E-state index is 0. The van der Waals surface area contributed by atoms with Crippen molar-refractivity contribution in [1.82, 2.24) is 5.32 Å². The number of benzene rings is 1. The molecule has 0 aliphatic heterocycles. The van der Waals surface area contributed by atoms with Gasteiger partial charge in [-0.25, -0.2) is 0 Å². The standard InChI is InChI=1S/C16H23F3N2O.ClH/c1-2-3-9-13(11-20)21-15(22)10-14(16(17,18)19)12-7-5-4-6-8-12;/h4-8,13-14H,2-3,9-11,20H2,1H3,(H,21,22);1H. The fourth-order valence-electron chi connectivity index (χ4n) is 2.28. The molecule has 0 aliphatic carbocycles. The van der Waals surface area contributed by atoms with Crippen molar-refractivity contribution in [2.24, 2.45) is 5.73 Å². The molecular weight excluding hydrogens is 329 g/mol. The van der Waals surface area contributed by atoms with Gasteiger partial charge >= 0.3 is 6.18 Å². The van der Waals surface area contributed by atoms with Crippen molar-refractivity contribution in [3.63, 3.8) is 0 Å². The van der Waals surface area contributed by atoms with Gasteiger partial charge in [0.2, 0.25) is 5.91 Å². The number of nitrogens with two attached hydrogens (primary N) is 1. The van der Waals surface area contributed by atoms with Gasteiger partial charge in [0.15, 0.2) is 0 Å². The van der Waals surface area contributed by atoms with Gasteiger partial charge in [-0.05, 0) is 12.0 Å². The number of halogens is 4. The summed E-state index contributed by atoms with van der Waals surface area (Å²) in [7, 11) is 0. The first-order chi connectivity index (χ1) is 10.4. The molecule has 23 heavy (non-hydrogen) atoms. The minimum atomic E-state index is -4.46. The number of carbonyl (C=O) groups is 1. The molecule has 1 aromatic rings. The van der Waals surface area contributed by atoms with Crippen LogP contribution in [-0.4, -0.2) is 24.7 Å². The zero-order valence-corrected chi connectivity index (χ0v) is 13.9. The smallest absolute Gasteiger partial charge is 0.352 e. The van der Waals surface area contributed by atoms with Crippen LogP contribution in [0.4, 0.5) is 13.2 Å². The van der Waals surface area contributed by atoms with Crippen molar-refractivity contribution >= 4 is 18.3 Å². The monoisotopic (exact) mass is 352 g/mol. The van der Waals surface area contributed by atoms with Crippen LogP contribution in [0.2, 0.25) is 0 Å². The van der Waals surface area contributed by atoms with E-state index in [4.69, 9.17) is 5.73 Å². The highest BCUT2D eigenvalue weighted by molar-refractivity contribution is 5.85. The third kappa shape index (κ3) is 7.70. The van der Waals surface area contributed by atoms with Crippen molar-refractivity contribution in [1.29, 1.82) is 0 Å². The molecule has 0 saturated carbocycles. The molecule has 3 nitrogen and oxygen atoms in total. The Morgan fingerprint density at radius 3 is 2.35 bits per heavy atom. The van der Waals surface area contributed by atoms with Crippen molar-refractivity contribution in [2.75, 3.05) is 6.54 Å². The normalized spacial score (nSPS) is 13.8. The topological polar surface area (TPSA) is 55.1 Å². The van der Waals surface area contributed by atoms with Gasteiger partial charge in [-0.15, -0.1) is 12.4 Å². The number of rotatable bonds is 8. The fourth-order valence-corrected chi connectivity index (χ4v) is 2.28. The SMILES string of the molecule is CCCCC(CN)NC(=O)CC(c1ccccc1)C(F)(F)F.Cl. The highest BCUT2D eigenvalue weighted by atomic mass is 35.5. The van der Waals surface area contributed by atoms with Crippen LogP contribution in [0.5, 0.6) is 0 Å². The Kier molecular flexibility index (Phi) is 9.91. The van der Waals surface area contributed by atoms with E-state index in [-0.39, 0.29) is 30.6 Å². The van der Waals surface area contributed by atoms with Crippen LogP contribution < -0.4 is 11.1 Å². The Balaban J connectivity index is 0.00000484. The summed E-state index contributed by atoms with van der Waals surface area (Å²) < 4.78 is 39.6. The molecule has 0 bridgehead atoms. The van der Waals surface area contributed by atoms with E-state index in [1.165, 1.54) is 24.3 Å². The highest BCUT2D eigenvalue weighted by Crippen LogP contribution is 2.37. The van der Waals surface area contributed by atoms with E-state index < -0.39 is 24.4 Å². The van der Waals surface area contributed by atoms with Gasteiger partial charge in [-0.2, -0.15) is 13.2 Å². The van der Waals surface area contributed by atoms with Gasteiger partial charge in [0.25, 0.3) is 0 Å². The quantitative estimate of drug-likeness (QED) is 0.748. The maximum atomic E-state index is 13.2. The van der Waals surface area contributed by atoms with Crippen LogP contribution in [0, 0.1) is 0 Å². The molecule has 0 radical (unpaired) electrons. The van der Waals surface area contributed by atoms with Gasteiger partial charge < -0.3 is 11.1 Å². The van der Waals surface area contributed by atoms with E-state index >= 15 is 0 Å². The molecule has 0 aliphatic rings. The van der Waals surface area contributed by atoms with Crippen LogP contribution in [0.15, 0.2) is 30.3 Å². The second-order valence-electron chi connectivity index (χ2n) is 5.35. The number of amides is 1. The number of alkyl halides is 3. The minimum Gasteiger partial charge on any atom is -0.352 e. The lowest BCUT2D eigenvalue weighted by molar-refractivity contribution is -0.157. The second kappa shape index (κ2) is 10.5. The first-order valence-electron chi connectivity index (χ1n) is 7.49. The van der Waals surface area contributed by atoms with Crippen LogP contribution >= 0.6 is 12.4 Å². The number of hydrogen-bond acceptors (Lipinski definition) is 2. The number of unbranched alkanes of at least 4 members (excludes halogenated alkanes) is 1. The van der Waals surface area contributed by atoms with Crippen LogP contribution in [0.25, 0.3) is 0 Å². The van der Waals surface area contributed by atoms with E-state index in [1.807, 2.05) is 6.92 Å². The highest BCUT2D eigenvalue weighted by Gasteiger charge is 2.41. The summed E-state index contributed by atoms with van der Waals surface area (Å²) in [5.74, 6) is -2.41. The maximum Gasteiger partial charge on any atom is 0.396 e. The first kappa shape index (κ1) is 21.7. The van der Waals surface area contributed by atoms with E-state index in [9.17, 15) is 18.0 Å². The Bertz CT molecular complexity index is 454. The Morgan fingerprint density at radius 1 is 1.26 bits per heavy atom. The molecular formula is C16H24ClF3N2O. The molecule has 2 unspecified atom stereocenters. The van der Waals surface area contributed by atoms with Crippen LogP contribution in [-0.2, 0) is 4.79 Å². The van der Waals surface area contributed by atoms with Gasteiger partial charge in [0.05, 0.1) is 5.92 Å². The predicted octanol–water partition coefficient (Wildman–Crippen LogP) is 3.78. The van der Waals surface area contributed by atoms with E-state index in [0.29, 0.717) is 6.42 Å². The molecule has 0 heterocycles. The third-order valence-corrected chi connectivity index (χ3v) is 3.54. The predicted molar refractivity (Wildman–Crippen MR) is 87.6 cm³/mol. The van der Waals surface area contributed by atoms with Crippen LogP contribution in [0.1, 0.15) is 44.1 Å². The molecule has 1 amide bonds. The largest absolute Gasteiger partial charge is 0.396 e. The molecule has 0 fully saturated rings. The fraction of sp³-hybridized carbons (Fsp3) is 0.562. The average molecular weight is 353 g/mol. The summed E-state index contributed by atoms with van der Waals surface area (Å²) >= 11 is 0. The molecule has 0 saturated heterocycles. The molecule has 0 aromatic heterocycles. The number of carbonyl (C=O) groups excluding carboxylic acids is 1. The number of hydrogen-bond donors (Lipinski definition) is 2. The van der Waals surface area contributed by atoms with Gasteiger partial charge in [0, 0.05) is 19.0 Å². The Labute approximate surface area is 141 Å². The summed E-state index contributed by atoms with van der Waals surface area (Å²) in [5, 5.41) is 2.61. The zero-order chi connectivity index (χ0) is 16.6. The van der Waals surface area contributed by atoms with Crippen molar-refractivity contribution < 1.29 is 18.0 Å². The lowest BCUT2D eigenvalue weighted by Crippen LogP contribution is -2.41. The molecule has 132 valence electrons. The van der Waals surface area contributed by atoms with Gasteiger partial charge in [-0.1, -0.05) is 50.1 Å².